The van der Waals surface area contributed by atoms with E-state index >= 15 is 0 Å². The Labute approximate surface area is 160 Å². The third-order valence-electron chi connectivity index (χ3n) is 3.90. The van der Waals surface area contributed by atoms with Gasteiger partial charge in [0.1, 0.15) is 11.5 Å². The molecular weight excluding hydrogens is 394 g/mol. The van der Waals surface area contributed by atoms with Crippen LogP contribution in [0, 0.1) is 5.82 Å². The van der Waals surface area contributed by atoms with Crippen LogP contribution < -0.4 is 10.9 Å². The first-order chi connectivity index (χ1) is 13.6. The molecular formula is C18H13F4N5O2. The molecule has 11 heteroatoms. The van der Waals surface area contributed by atoms with Gasteiger partial charge >= 0.3 is 6.18 Å². The van der Waals surface area contributed by atoms with Gasteiger partial charge in [0, 0.05) is 18.5 Å². The lowest BCUT2D eigenvalue weighted by molar-refractivity contribution is -0.140. The second-order valence-corrected chi connectivity index (χ2v) is 5.98. The van der Waals surface area contributed by atoms with Gasteiger partial charge in [0.2, 0.25) is 0 Å². The summed E-state index contributed by atoms with van der Waals surface area (Å²) < 4.78 is 51.8. The number of nitrogens with one attached hydrogen (secondary N) is 2. The van der Waals surface area contributed by atoms with E-state index < -0.39 is 35.1 Å². The number of alkyl halides is 3. The van der Waals surface area contributed by atoms with Crippen molar-refractivity contribution in [2.75, 3.05) is 0 Å². The first-order valence-corrected chi connectivity index (χ1v) is 8.21. The normalized spacial score (nSPS) is 12.4. The van der Waals surface area contributed by atoms with E-state index in [0.29, 0.717) is 12.1 Å². The van der Waals surface area contributed by atoms with E-state index in [1.807, 2.05) is 0 Å². The summed E-state index contributed by atoms with van der Waals surface area (Å²) in [5.74, 6) is -2.16. The highest BCUT2D eigenvalue weighted by Crippen LogP contribution is 2.32. The molecule has 0 aliphatic heterocycles. The van der Waals surface area contributed by atoms with Gasteiger partial charge in [-0.25, -0.2) is 19.3 Å². The van der Waals surface area contributed by atoms with E-state index in [-0.39, 0.29) is 22.9 Å². The molecule has 29 heavy (non-hydrogen) atoms. The molecule has 0 unspecified atom stereocenters. The van der Waals surface area contributed by atoms with Crippen molar-refractivity contribution in [3.8, 4) is 11.6 Å². The van der Waals surface area contributed by atoms with Crippen LogP contribution in [0.4, 0.5) is 17.6 Å². The van der Waals surface area contributed by atoms with E-state index in [1.54, 1.807) is 6.07 Å². The van der Waals surface area contributed by atoms with Crippen LogP contribution >= 0.6 is 0 Å². The van der Waals surface area contributed by atoms with Gasteiger partial charge in [-0.15, -0.1) is 0 Å². The predicted molar refractivity (Wildman–Crippen MR) is 93.2 cm³/mol. The molecule has 1 atom stereocenters. The van der Waals surface area contributed by atoms with E-state index in [2.05, 4.69) is 25.3 Å². The molecule has 3 rings (SSSR count). The molecule has 0 saturated heterocycles. The first-order valence-electron chi connectivity index (χ1n) is 8.21. The van der Waals surface area contributed by atoms with Crippen molar-refractivity contribution in [1.29, 1.82) is 0 Å². The third-order valence-corrected chi connectivity index (χ3v) is 3.90. The standard InChI is InChI=1S/C18H13F4N5O2/c1-9(10-3-4-11(12(19)7-10)18(20,21)22)25-17(29)13-8-14(28)27-16(26-13)15-23-5-2-6-24-15/h2-9H,1H3,(H,25,29)(H,26,27,28)/t9-/m1/s1. The van der Waals surface area contributed by atoms with Crippen molar-refractivity contribution in [2.24, 2.45) is 0 Å². The molecule has 1 aromatic carbocycles. The number of hydrogen-bond donors (Lipinski definition) is 2. The summed E-state index contributed by atoms with van der Waals surface area (Å²) in [6, 6.07) is 4.01. The van der Waals surface area contributed by atoms with Crippen molar-refractivity contribution in [3.63, 3.8) is 0 Å². The average molecular weight is 407 g/mol. The maximum absolute atomic E-state index is 13.8. The summed E-state index contributed by atoms with van der Waals surface area (Å²) in [7, 11) is 0. The molecule has 0 aliphatic rings. The molecule has 3 aromatic rings. The maximum Gasteiger partial charge on any atom is 0.419 e. The van der Waals surface area contributed by atoms with Crippen molar-refractivity contribution in [1.82, 2.24) is 25.3 Å². The topological polar surface area (TPSA) is 101 Å². The largest absolute Gasteiger partial charge is 0.419 e. The van der Waals surface area contributed by atoms with Crippen LogP contribution in [0.5, 0.6) is 0 Å². The monoisotopic (exact) mass is 407 g/mol. The van der Waals surface area contributed by atoms with Crippen LogP contribution in [0.25, 0.3) is 11.6 Å². The Morgan fingerprint density at radius 2 is 1.86 bits per heavy atom. The summed E-state index contributed by atoms with van der Waals surface area (Å²) in [6.07, 6.45) is -1.97. The minimum absolute atomic E-state index is 0.0310. The molecule has 0 bridgehead atoms. The van der Waals surface area contributed by atoms with Crippen LogP contribution in [0.1, 0.15) is 34.6 Å². The number of nitrogens with zero attached hydrogens (tertiary/aromatic N) is 3. The van der Waals surface area contributed by atoms with Crippen molar-refractivity contribution in [2.45, 2.75) is 19.1 Å². The number of amides is 1. The Balaban J connectivity index is 1.83. The second kappa shape index (κ2) is 7.78. The quantitative estimate of drug-likeness (QED) is 0.648. The number of carbonyl (C=O) groups excluding carboxylic acids is 1. The number of carbonyl (C=O) groups is 1. The highest BCUT2D eigenvalue weighted by molar-refractivity contribution is 5.92. The lowest BCUT2D eigenvalue weighted by Crippen LogP contribution is -2.29. The van der Waals surface area contributed by atoms with Gasteiger partial charge in [-0.2, -0.15) is 13.2 Å². The van der Waals surface area contributed by atoms with Crippen molar-refractivity contribution >= 4 is 5.91 Å². The minimum atomic E-state index is -4.82. The Hall–Kier alpha value is -3.63. The molecule has 7 nitrogen and oxygen atoms in total. The number of rotatable bonds is 4. The predicted octanol–water partition coefficient (Wildman–Crippen LogP) is 2.88. The molecule has 2 N–H and O–H groups in total. The summed E-state index contributed by atoms with van der Waals surface area (Å²) in [6.45, 7) is 1.45. The van der Waals surface area contributed by atoms with Gasteiger partial charge in [-0.1, -0.05) is 6.07 Å². The fourth-order valence-electron chi connectivity index (χ4n) is 2.49. The zero-order chi connectivity index (χ0) is 21.2. The zero-order valence-corrected chi connectivity index (χ0v) is 14.8. The zero-order valence-electron chi connectivity index (χ0n) is 14.8. The van der Waals surface area contributed by atoms with Crippen LogP contribution in [0.3, 0.4) is 0 Å². The third kappa shape index (κ3) is 4.62. The molecule has 1 amide bonds. The number of hydrogen-bond acceptors (Lipinski definition) is 5. The van der Waals surface area contributed by atoms with Gasteiger partial charge in [0.25, 0.3) is 11.5 Å². The van der Waals surface area contributed by atoms with E-state index in [0.717, 1.165) is 12.1 Å². The smallest absolute Gasteiger partial charge is 0.344 e. The average Bonchev–Trinajstić information content (AvgIpc) is 2.67. The molecule has 0 aliphatic carbocycles. The van der Waals surface area contributed by atoms with Crippen molar-refractivity contribution in [3.05, 3.63) is 75.7 Å². The lowest BCUT2D eigenvalue weighted by Gasteiger charge is -2.16. The summed E-state index contributed by atoms with van der Waals surface area (Å²) in [4.78, 5) is 38.5. The highest BCUT2D eigenvalue weighted by Gasteiger charge is 2.34. The first kappa shape index (κ1) is 20.1. The van der Waals surface area contributed by atoms with E-state index in [4.69, 9.17) is 0 Å². The van der Waals surface area contributed by atoms with Gasteiger partial charge in [0.15, 0.2) is 11.6 Å². The van der Waals surface area contributed by atoms with Crippen LogP contribution in [0.2, 0.25) is 0 Å². The van der Waals surface area contributed by atoms with Gasteiger partial charge < -0.3 is 10.3 Å². The molecule has 0 radical (unpaired) electrons. The Morgan fingerprint density at radius 1 is 1.17 bits per heavy atom. The molecule has 150 valence electrons. The van der Waals surface area contributed by atoms with Gasteiger partial charge in [-0.05, 0) is 30.7 Å². The SMILES string of the molecule is C[C@@H](NC(=O)c1cc(=O)[nH]c(-c2ncccn2)n1)c1ccc(C(F)(F)F)c(F)c1. The van der Waals surface area contributed by atoms with Crippen molar-refractivity contribution < 1.29 is 22.4 Å². The maximum atomic E-state index is 13.8. The fraction of sp³-hybridized carbons (Fsp3) is 0.167. The van der Waals surface area contributed by atoms with E-state index in [1.165, 1.54) is 19.3 Å². The molecule has 0 spiro atoms. The van der Waals surface area contributed by atoms with Crippen LogP contribution in [-0.2, 0) is 6.18 Å². The van der Waals surface area contributed by atoms with Crippen LogP contribution in [-0.4, -0.2) is 25.8 Å². The van der Waals surface area contributed by atoms with E-state index in [9.17, 15) is 27.2 Å². The molecule has 2 heterocycles. The Bertz CT molecular complexity index is 1100. The molecule has 2 aromatic heterocycles. The summed E-state index contributed by atoms with van der Waals surface area (Å²) in [5, 5.41) is 2.46. The highest BCUT2D eigenvalue weighted by atomic mass is 19.4. The summed E-state index contributed by atoms with van der Waals surface area (Å²) in [5.41, 5.74) is -2.17. The van der Waals surface area contributed by atoms with Crippen LogP contribution in [0.15, 0.2) is 47.5 Å². The second-order valence-electron chi connectivity index (χ2n) is 5.98. The minimum Gasteiger partial charge on any atom is -0.344 e. The van der Waals surface area contributed by atoms with Gasteiger partial charge in [0.05, 0.1) is 11.6 Å². The number of H-pyrrole nitrogens is 1. The lowest BCUT2D eigenvalue weighted by atomic mass is 10.0. The number of aromatic amines is 1. The Kier molecular flexibility index (Phi) is 5.39. The Morgan fingerprint density at radius 3 is 2.48 bits per heavy atom. The van der Waals surface area contributed by atoms with Gasteiger partial charge in [-0.3, -0.25) is 9.59 Å². The summed E-state index contributed by atoms with van der Waals surface area (Å²) >= 11 is 0. The number of aromatic nitrogens is 4. The number of benzene rings is 1. The molecule has 0 saturated carbocycles. The molecule has 0 fully saturated rings. The number of halogens is 4. The fourth-order valence-corrected chi connectivity index (χ4v) is 2.49.